The lowest BCUT2D eigenvalue weighted by Gasteiger charge is -2.57. The van der Waals surface area contributed by atoms with Gasteiger partial charge in [0, 0.05) is 16.5 Å². The fraction of sp³-hybridized carbons (Fsp3) is 0.278. The van der Waals surface area contributed by atoms with Crippen molar-refractivity contribution < 1.29 is 14.3 Å². The van der Waals surface area contributed by atoms with E-state index in [4.69, 9.17) is 32.7 Å². The zero-order valence-electron chi connectivity index (χ0n) is 13.6. The average molecular weight is 396 g/mol. The summed E-state index contributed by atoms with van der Waals surface area (Å²) in [5.41, 5.74) is 1.98. The van der Waals surface area contributed by atoms with Crippen molar-refractivity contribution in [2.75, 3.05) is 14.2 Å². The number of alkyl halides is 1. The Bertz CT molecular complexity index is 858. The Hall–Kier alpha value is -1.56. The van der Waals surface area contributed by atoms with Gasteiger partial charge in [-0.05, 0) is 35.4 Å². The lowest BCUT2D eigenvalue weighted by molar-refractivity contribution is -0.149. The van der Waals surface area contributed by atoms with Crippen molar-refractivity contribution in [3.63, 3.8) is 0 Å². The van der Waals surface area contributed by atoms with Crippen molar-refractivity contribution in [2.24, 2.45) is 0 Å². The van der Waals surface area contributed by atoms with Gasteiger partial charge in [0.1, 0.15) is 10.2 Å². The molecule has 0 saturated carbocycles. The van der Waals surface area contributed by atoms with E-state index in [1.165, 1.54) is 0 Å². The number of hydrogen-bond acceptors (Lipinski definition) is 4. The molecule has 1 saturated heterocycles. The summed E-state index contributed by atoms with van der Waals surface area (Å²) in [6, 6.07) is 11.4. The summed E-state index contributed by atoms with van der Waals surface area (Å²) in [6.45, 7) is 0.480. The molecule has 1 fully saturated rings. The minimum absolute atomic E-state index is 0.0652. The van der Waals surface area contributed by atoms with Gasteiger partial charge in [0.25, 0.3) is 0 Å². The predicted octanol–water partition coefficient (Wildman–Crippen LogP) is 4.27. The summed E-state index contributed by atoms with van der Waals surface area (Å²) in [4.78, 5) is 14.6. The first kappa shape index (κ1) is 16.9. The van der Waals surface area contributed by atoms with Crippen LogP contribution in [0, 0.1) is 0 Å². The molecule has 2 aromatic carbocycles. The van der Waals surface area contributed by atoms with Crippen LogP contribution >= 0.6 is 35.0 Å². The smallest absolute Gasteiger partial charge is 0.246 e. The van der Waals surface area contributed by atoms with E-state index in [2.05, 4.69) is 0 Å². The molecule has 0 radical (unpaired) electrons. The minimum atomic E-state index is -0.629. The Morgan fingerprint density at radius 3 is 2.44 bits per heavy atom. The number of β-lactam (4-membered cyclic amide) rings is 1. The number of nitrogens with zero attached hydrogens (tertiary/aromatic N) is 1. The second-order valence-electron chi connectivity index (χ2n) is 5.91. The standard InChI is InChI=1S/C18H15Cl2NO3S/c1-23-13-7-10-9-21-17(22)16(20)18(21,11-3-5-12(19)6-4-11)25-15(10)8-14(13)24-2/h3-8,16H,9H2,1-2H3/t16-,18+/m1/s1. The van der Waals surface area contributed by atoms with Crippen LogP contribution in [0.5, 0.6) is 11.5 Å². The molecule has 0 aliphatic carbocycles. The molecule has 0 unspecified atom stereocenters. The van der Waals surface area contributed by atoms with Gasteiger partial charge in [0.15, 0.2) is 11.5 Å². The van der Waals surface area contributed by atoms with Crippen LogP contribution in [-0.4, -0.2) is 30.4 Å². The second-order valence-corrected chi connectivity index (χ2v) is 8.05. The van der Waals surface area contributed by atoms with E-state index in [1.807, 2.05) is 41.3 Å². The first-order chi connectivity index (χ1) is 12.0. The Morgan fingerprint density at radius 2 is 1.80 bits per heavy atom. The highest BCUT2D eigenvalue weighted by atomic mass is 35.5. The summed E-state index contributed by atoms with van der Waals surface area (Å²) < 4.78 is 10.8. The molecule has 0 bridgehead atoms. The first-order valence-electron chi connectivity index (χ1n) is 7.66. The van der Waals surface area contributed by atoms with Crippen molar-refractivity contribution in [1.29, 1.82) is 0 Å². The van der Waals surface area contributed by atoms with Crippen LogP contribution in [0.25, 0.3) is 0 Å². The summed E-state index contributed by atoms with van der Waals surface area (Å²) in [5.74, 6) is 1.24. The van der Waals surface area contributed by atoms with E-state index in [0.29, 0.717) is 23.1 Å². The van der Waals surface area contributed by atoms with Gasteiger partial charge in [-0.2, -0.15) is 0 Å². The monoisotopic (exact) mass is 395 g/mol. The number of hydrogen-bond donors (Lipinski definition) is 0. The molecule has 130 valence electrons. The van der Waals surface area contributed by atoms with E-state index >= 15 is 0 Å². The van der Waals surface area contributed by atoms with Gasteiger partial charge < -0.3 is 14.4 Å². The highest BCUT2D eigenvalue weighted by Gasteiger charge is 2.63. The van der Waals surface area contributed by atoms with Gasteiger partial charge in [-0.3, -0.25) is 4.79 Å². The van der Waals surface area contributed by atoms with Crippen LogP contribution in [0.15, 0.2) is 41.3 Å². The summed E-state index contributed by atoms with van der Waals surface area (Å²) in [5, 5.41) is 0.0241. The zero-order valence-corrected chi connectivity index (χ0v) is 15.9. The third-order valence-electron chi connectivity index (χ3n) is 4.65. The third kappa shape index (κ3) is 2.33. The summed E-state index contributed by atoms with van der Waals surface area (Å²) >= 11 is 14.1. The number of carbonyl (C=O) groups excluding carboxylic acids is 1. The van der Waals surface area contributed by atoms with E-state index in [0.717, 1.165) is 16.0 Å². The van der Waals surface area contributed by atoms with E-state index in [1.54, 1.807) is 26.0 Å². The molecule has 2 aliphatic heterocycles. The van der Waals surface area contributed by atoms with Gasteiger partial charge in [0.05, 0.1) is 14.2 Å². The number of amides is 1. The quantitative estimate of drug-likeness (QED) is 0.574. The maximum atomic E-state index is 12.4. The molecule has 4 rings (SSSR count). The number of benzene rings is 2. The van der Waals surface area contributed by atoms with Gasteiger partial charge in [-0.25, -0.2) is 0 Å². The van der Waals surface area contributed by atoms with Crippen molar-refractivity contribution >= 4 is 40.9 Å². The van der Waals surface area contributed by atoms with Crippen LogP contribution in [0.2, 0.25) is 5.02 Å². The first-order valence-corrected chi connectivity index (χ1v) is 9.30. The van der Waals surface area contributed by atoms with Gasteiger partial charge in [0.2, 0.25) is 5.91 Å². The molecule has 2 aromatic rings. The molecule has 2 heterocycles. The molecule has 4 nitrogen and oxygen atoms in total. The minimum Gasteiger partial charge on any atom is -0.493 e. The Labute approximate surface area is 160 Å². The lowest BCUT2D eigenvalue weighted by atomic mass is 9.91. The maximum Gasteiger partial charge on any atom is 0.246 e. The van der Waals surface area contributed by atoms with Gasteiger partial charge >= 0.3 is 0 Å². The predicted molar refractivity (Wildman–Crippen MR) is 98.7 cm³/mol. The molecule has 7 heteroatoms. The Morgan fingerprint density at radius 1 is 1.16 bits per heavy atom. The molecule has 25 heavy (non-hydrogen) atoms. The normalized spacial score (nSPS) is 24.2. The Kier molecular flexibility index (Phi) is 4.06. The van der Waals surface area contributed by atoms with Crippen molar-refractivity contribution in [3.05, 3.63) is 52.5 Å². The SMILES string of the molecule is COc1cc2c(cc1OC)S[C@@]1(c3ccc(Cl)cc3)[C@H](Cl)C(=O)N1C2. The average Bonchev–Trinajstić information content (AvgIpc) is 2.65. The largest absolute Gasteiger partial charge is 0.493 e. The fourth-order valence-corrected chi connectivity index (χ4v) is 5.45. The second kappa shape index (κ2) is 6.01. The number of halogens is 2. The van der Waals surface area contributed by atoms with Crippen LogP contribution in [0.1, 0.15) is 11.1 Å². The van der Waals surface area contributed by atoms with E-state index in [-0.39, 0.29) is 5.91 Å². The summed E-state index contributed by atoms with van der Waals surface area (Å²) in [6.07, 6.45) is 0. The van der Waals surface area contributed by atoms with Crippen LogP contribution < -0.4 is 9.47 Å². The fourth-order valence-electron chi connectivity index (χ4n) is 3.35. The van der Waals surface area contributed by atoms with Crippen LogP contribution in [0.4, 0.5) is 0 Å². The van der Waals surface area contributed by atoms with Crippen molar-refractivity contribution in [2.45, 2.75) is 21.7 Å². The topological polar surface area (TPSA) is 38.8 Å². The van der Waals surface area contributed by atoms with E-state index in [9.17, 15) is 4.79 Å². The maximum absolute atomic E-state index is 12.4. The number of fused-ring (bicyclic) bond motifs is 2. The molecule has 1 amide bonds. The number of thioether (sulfide) groups is 1. The number of methoxy groups -OCH3 is 2. The van der Waals surface area contributed by atoms with E-state index < -0.39 is 10.2 Å². The third-order valence-corrected chi connectivity index (χ3v) is 7.13. The molecular formula is C18H15Cl2NO3S. The molecule has 2 aliphatic rings. The van der Waals surface area contributed by atoms with Gasteiger partial charge in [-0.1, -0.05) is 35.5 Å². The Balaban J connectivity index is 1.83. The summed E-state index contributed by atoms with van der Waals surface area (Å²) in [7, 11) is 3.21. The highest BCUT2D eigenvalue weighted by Crippen LogP contribution is 2.60. The van der Waals surface area contributed by atoms with Crippen molar-refractivity contribution in [3.8, 4) is 11.5 Å². The van der Waals surface area contributed by atoms with Crippen LogP contribution in [0.3, 0.4) is 0 Å². The van der Waals surface area contributed by atoms with Crippen molar-refractivity contribution in [1.82, 2.24) is 4.90 Å². The molecule has 2 atom stereocenters. The molecule has 0 aromatic heterocycles. The zero-order chi connectivity index (χ0) is 17.8. The highest BCUT2D eigenvalue weighted by molar-refractivity contribution is 8.00. The molecule has 0 spiro atoms. The number of carbonyl (C=O) groups is 1. The number of rotatable bonds is 3. The lowest BCUT2D eigenvalue weighted by Crippen LogP contribution is -2.68. The molecule has 0 N–H and O–H groups in total. The van der Waals surface area contributed by atoms with Gasteiger partial charge in [-0.15, -0.1) is 11.6 Å². The number of ether oxygens (including phenoxy) is 2. The molecular weight excluding hydrogens is 381 g/mol. The van der Waals surface area contributed by atoms with Crippen LogP contribution in [-0.2, 0) is 16.2 Å².